The van der Waals surface area contributed by atoms with Crippen molar-refractivity contribution in [2.45, 2.75) is 39.0 Å². The number of hydrogen-bond donors (Lipinski definition) is 0. The van der Waals surface area contributed by atoms with Gasteiger partial charge in [-0.1, -0.05) is 23.8 Å². The molecular formula is C18H22ClFO. The van der Waals surface area contributed by atoms with Crippen LogP contribution in [0.2, 0.25) is 5.02 Å². The third-order valence-corrected chi connectivity index (χ3v) is 4.34. The molecule has 0 amide bonds. The van der Waals surface area contributed by atoms with Crippen LogP contribution in [0.4, 0.5) is 4.39 Å². The zero-order valence-corrected chi connectivity index (χ0v) is 13.3. The Balaban J connectivity index is 2.14. The minimum absolute atomic E-state index is 0.0871. The highest BCUT2D eigenvalue weighted by Gasteiger charge is 2.19. The van der Waals surface area contributed by atoms with E-state index in [-0.39, 0.29) is 10.8 Å². The van der Waals surface area contributed by atoms with Crippen molar-refractivity contribution in [3.8, 4) is 5.75 Å². The van der Waals surface area contributed by atoms with Crippen molar-refractivity contribution in [3.63, 3.8) is 0 Å². The zero-order valence-electron chi connectivity index (χ0n) is 12.5. The molecule has 2 rings (SSSR count). The van der Waals surface area contributed by atoms with Gasteiger partial charge in [0.25, 0.3) is 0 Å². The Morgan fingerprint density at radius 3 is 2.90 bits per heavy atom. The molecule has 0 saturated heterocycles. The van der Waals surface area contributed by atoms with E-state index in [0.29, 0.717) is 23.8 Å². The molecule has 0 N–H and O–H groups in total. The minimum atomic E-state index is -0.363. The van der Waals surface area contributed by atoms with Crippen molar-refractivity contribution >= 4 is 17.2 Å². The molecule has 3 heteroatoms. The van der Waals surface area contributed by atoms with Crippen molar-refractivity contribution in [1.29, 1.82) is 0 Å². The van der Waals surface area contributed by atoms with E-state index in [9.17, 15) is 4.39 Å². The highest BCUT2D eigenvalue weighted by atomic mass is 35.5. The lowest BCUT2D eigenvalue weighted by atomic mass is 9.84. The van der Waals surface area contributed by atoms with Gasteiger partial charge in [-0.2, -0.15) is 0 Å². The van der Waals surface area contributed by atoms with Crippen molar-refractivity contribution in [2.24, 2.45) is 5.92 Å². The molecular weight excluding hydrogens is 287 g/mol. The fourth-order valence-corrected chi connectivity index (χ4v) is 3.01. The van der Waals surface area contributed by atoms with Crippen LogP contribution < -0.4 is 4.74 Å². The van der Waals surface area contributed by atoms with Gasteiger partial charge in [0.1, 0.15) is 10.8 Å². The Bertz CT molecular complexity index is 536. The Hall–Kier alpha value is -1.28. The van der Waals surface area contributed by atoms with Crippen LogP contribution in [0, 0.1) is 11.7 Å². The summed E-state index contributed by atoms with van der Waals surface area (Å²) in [5.41, 5.74) is 1.68. The second kappa shape index (κ2) is 7.65. The molecule has 1 aromatic carbocycles. The molecule has 0 aliphatic heterocycles. The Morgan fingerprint density at radius 2 is 2.29 bits per heavy atom. The molecule has 0 saturated carbocycles. The minimum Gasteiger partial charge on any atom is -0.492 e. The summed E-state index contributed by atoms with van der Waals surface area (Å²) in [6.45, 7) is 6.10. The van der Waals surface area contributed by atoms with Crippen LogP contribution in [0.3, 0.4) is 0 Å². The number of benzene rings is 1. The predicted octanol–water partition coefficient (Wildman–Crippen LogP) is 6.03. The average Bonchev–Trinajstić information content (AvgIpc) is 2.51. The van der Waals surface area contributed by atoms with Gasteiger partial charge in [-0.05, 0) is 62.7 Å². The summed E-state index contributed by atoms with van der Waals surface area (Å²) in [5, 5.41) is 0.0871. The average molecular weight is 309 g/mol. The topological polar surface area (TPSA) is 9.23 Å². The van der Waals surface area contributed by atoms with Crippen LogP contribution in [0.1, 0.15) is 44.6 Å². The fourth-order valence-electron chi connectivity index (χ4n) is 2.80. The summed E-state index contributed by atoms with van der Waals surface area (Å²) in [7, 11) is 0. The van der Waals surface area contributed by atoms with Gasteiger partial charge in [-0.3, -0.25) is 0 Å². The SMILES string of the molecule is C=CCCC1CC=C(c2ccc(OCC)c(Cl)c2F)CC1. The molecule has 114 valence electrons. The van der Waals surface area contributed by atoms with E-state index in [2.05, 4.69) is 12.7 Å². The van der Waals surface area contributed by atoms with Crippen molar-refractivity contribution in [1.82, 2.24) is 0 Å². The number of rotatable bonds is 6. The second-order valence-electron chi connectivity index (χ2n) is 5.41. The first kappa shape index (κ1) is 16.1. The van der Waals surface area contributed by atoms with Gasteiger partial charge >= 0.3 is 0 Å². The van der Waals surface area contributed by atoms with E-state index in [1.165, 1.54) is 6.42 Å². The van der Waals surface area contributed by atoms with Crippen molar-refractivity contribution < 1.29 is 9.13 Å². The quantitative estimate of drug-likeness (QED) is 0.583. The van der Waals surface area contributed by atoms with E-state index < -0.39 is 0 Å². The third-order valence-electron chi connectivity index (χ3n) is 3.99. The molecule has 0 radical (unpaired) electrons. The van der Waals surface area contributed by atoms with Gasteiger partial charge in [0.05, 0.1) is 6.61 Å². The summed E-state index contributed by atoms with van der Waals surface area (Å²) in [5.74, 6) is 0.743. The number of allylic oxidation sites excluding steroid dienone is 3. The highest BCUT2D eigenvalue weighted by Crippen LogP contribution is 2.37. The van der Waals surface area contributed by atoms with Crippen LogP contribution in [-0.4, -0.2) is 6.61 Å². The zero-order chi connectivity index (χ0) is 15.2. The smallest absolute Gasteiger partial charge is 0.153 e. The van der Waals surface area contributed by atoms with Gasteiger partial charge in [0.2, 0.25) is 0 Å². The van der Waals surface area contributed by atoms with Crippen LogP contribution in [0.15, 0.2) is 30.9 Å². The second-order valence-corrected chi connectivity index (χ2v) is 5.79. The van der Waals surface area contributed by atoms with Gasteiger partial charge in [-0.25, -0.2) is 4.39 Å². The predicted molar refractivity (Wildman–Crippen MR) is 87.3 cm³/mol. The maximum Gasteiger partial charge on any atom is 0.153 e. The van der Waals surface area contributed by atoms with Crippen LogP contribution in [-0.2, 0) is 0 Å². The molecule has 1 aliphatic carbocycles. The lowest BCUT2D eigenvalue weighted by Crippen LogP contribution is -2.06. The first-order valence-electron chi connectivity index (χ1n) is 7.58. The maximum atomic E-state index is 14.4. The summed E-state index contributed by atoms with van der Waals surface area (Å²) in [6, 6.07) is 3.54. The Labute approximate surface area is 131 Å². The molecule has 0 heterocycles. The van der Waals surface area contributed by atoms with E-state index in [1.54, 1.807) is 12.1 Å². The van der Waals surface area contributed by atoms with Gasteiger partial charge < -0.3 is 4.74 Å². The van der Waals surface area contributed by atoms with Crippen LogP contribution >= 0.6 is 11.6 Å². The molecule has 0 bridgehead atoms. The lowest BCUT2D eigenvalue weighted by molar-refractivity contribution is 0.338. The normalized spacial score (nSPS) is 18.2. The van der Waals surface area contributed by atoms with Crippen molar-refractivity contribution in [3.05, 3.63) is 47.3 Å². The molecule has 1 unspecified atom stereocenters. The number of hydrogen-bond acceptors (Lipinski definition) is 1. The summed E-state index contributed by atoms with van der Waals surface area (Å²) >= 11 is 6.06. The number of ether oxygens (including phenoxy) is 1. The maximum absolute atomic E-state index is 14.4. The molecule has 1 atom stereocenters. The molecule has 0 spiro atoms. The molecule has 0 fully saturated rings. The molecule has 1 nitrogen and oxygen atoms in total. The Kier molecular flexibility index (Phi) is 5.86. The third kappa shape index (κ3) is 3.88. The van der Waals surface area contributed by atoms with E-state index in [4.69, 9.17) is 16.3 Å². The van der Waals surface area contributed by atoms with Gasteiger partial charge in [-0.15, -0.1) is 6.58 Å². The first-order valence-corrected chi connectivity index (χ1v) is 7.96. The van der Waals surface area contributed by atoms with Gasteiger partial charge in [0.15, 0.2) is 5.82 Å². The Morgan fingerprint density at radius 1 is 1.48 bits per heavy atom. The molecule has 0 aromatic heterocycles. The summed E-state index contributed by atoms with van der Waals surface area (Å²) < 4.78 is 19.7. The fraction of sp³-hybridized carbons (Fsp3) is 0.444. The van der Waals surface area contributed by atoms with Gasteiger partial charge in [0, 0.05) is 5.56 Å². The summed E-state index contributed by atoms with van der Waals surface area (Å²) in [6.07, 6.45) is 9.36. The lowest BCUT2D eigenvalue weighted by Gasteiger charge is -2.22. The van der Waals surface area contributed by atoms with E-state index >= 15 is 0 Å². The summed E-state index contributed by atoms with van der Waals surface area (Å²) in [4.78, 5) is 0. The van der Waals surface area contributed by atoms with E-state index in [0.717, 1.165) is 31.3 Å². The first-order chi connectivity index (χ1) is 10.2. The molecule has 1 aromatic rings. The molecule has 1 aliphatic rings. The highest BCUT2D eigenvalue weighted by molar-refractivity contribution is 6.32. The standard InChI is InChI=1S/C18H22ClFO/c1-3-5-6-13-7-9-14(10-8-13)15-11-12-16(21-4-2)17(19)18(15)20/h3,9,11-13H,1,4-8,10H2,2H3. The monoisotopic (exact) mass is 308 g/mol. The largest absolute Gasteiger partial charge is 0.492 e. The van der Waals surface area contributed by atoms with Crippen LogP contribution in [0.5, 0.6) is 5.75 Å². The van der Waals surface area contributed by atoms with E-state index in [1.807, 2.05) is 13.0 Å². The van der Waals surface area contributed by atoms with Crippen LogP contribution in [0.25, 0.3) is 5.57 Å². The molecule has 21 heavy (non-hydrogen) atoms. The number of halogens is 2. The van der Waals surface area contributed by atoms with Crippen molar-refractivity contribution in [2.75, 3.05) is 6.61 Å².